The van der Waals surface area contributed by atoms with Crippen molar-refractivity contribution >= 4 is 5.97 Å². The number of hydrogen-bond donors (Lipinski definition) is 0. The fourth-order valence-corrected chi connectivity index (χ4v) is 1.41. The van der Waals surface area contributed by atoms with Gasteiger partial charge in [-0.1, -0.05) is 6.08 Å². The van der Waals surface area contributed by atoms with E-state index in [4.69, 9.17) is 4.74 Å². The molecule has 0 unspecified atom stereocenters. The van der Waals surface area contributed by atoms with Crippen molar-refractivity contribution in [3.63, 3.8) is 0 Å². The largest absolute Gasteiger partial charge is 0.466 e. The van der Waals surface area contributed by atoms with Crippen LogP contribution in [0.4, 0.5) is 0 Å². The van der Waals surface area contributed by atoms with Gasteiger partial charge in [-0.15, -0.1) is 0 Å². The van der Waals surface area contributed by atoms with Crippen LogP contribution in [0.15, 0.2) is 12.2 Å². The van der Waals surface area contributed by atoms with Gasteiger partial charge in [-0.25, -0.2) is 4.79 Å². The molecule has 13 heavy (non-hydrogen) atoms. The maximum Gasteiger partial charge on any atom is 0.330 e. The molecule has 1 aliphatic heterocycles. The molecule has 74 valence electrons. The second-order valence-electron chi connectivity index (χ2n) is 3.22. The van der Waals surface area contributed by atoms with E-state index in [2.05, 4.69) is 4.74 Å². The van der Waals surface area contributed by atoms with Gasteiger partial charge in [0.05, 0.1) is 7.11 Å². The van der Waals surface area contributed by atoms with Crippen LogP contribution in [0.3, 0.4) is 0 Å². The molecule has 1 saturated heterocycles. The molecule has 0 atom stereocenters. The Balaban J connectivity index is 2.16. The summed E-state index contributed by atoms with van der Waals surface area (Å²) in [6.45, 7) is 1.72. The van der Waals surface area contributed by atoms with Crippen LogP contribution in [0.1, 0.15) is 19.3 Å². The zero-order valence-corrected chi connectivity index (χ0v) is 7.99. The summed E-state index contributed by atoms with van der Waals surface area (Å²) in [5.41, 5.74) is 0. The summed E-state index contributed by atoms with van der Waals surface area (Å²) < 4.78 is 9.72. The smallest absolute Gasteiger partial charge is 0.330 e. The standard InChI is InChI=1S/C10H16O3/c1-12-10(11)4-2-3-9-5-7-13-8-6-9/h2,4,9H,3,5-8H2,1H3/b4-2-. The third-order valence-corrected chi connectivity index (χ3v) is 2.27. The average Bonchev–Trinajstić information content (AvgIpc) is 2.19. The molecule has 3 heteroatoms. The van der Waals surface area contributed by atoms with Crippen LogP contribution in [-0.4, -0.2) is 26.3 Å². The Kier molecular flexibility index (Phi) is 4.54. The highest BCUT2D eigenvalue weighted by Gasteiger charge is 2.11. The molecule has 0 aromatic carbocycles. The minimum Gasteiger partial charge on any atom is -0.466 e. The number of carbonyl (C=O) groups excluding carboxylic acids is 1. The van der Waals surface area contributed by atoms with Gasteiger partial charge >= 0.3 is 5.97 Å². The lowest BCUT2D eigenvalue weighted by molar-refractivity contribution is -0.134. The first-order valence-corrected chi connectivity index (χ1v) is 4.65. The molecule has 1 fully saturated rings. The Bertz CT molecular complexity index is 181. The maximum absolute atomic E-state index is 10.7. The molecule has 0 N–H and O–H groups in total. The van der Waals surface area contributed by atoms with Crippen molar-refractivity contribution in [3.8, 4) is 0 Å². The SMILES string of the molecule is COC(=O)/C=C\CC1CCOCC1. The highest BCUT2D eigenvalue weighted by molar-refractivity contribution is 5.81. The van der Waals surface area contributed by atoms with Crippen molar-refractivity contribution < 1.29 is 14.3 Å². The Morgan fingerprint density at radius 1 is 1.54 bits per heavy atom. The first-order chi connectivity index (χ1) is 6.33. The lowest BCUT2D eigenvalue weighted by Gasteiger charge is -2.20. The first kappa shape index (κ1) is 10.3. The van der Waals surface area contributed by atoms with E-state index < -0.39 is 0 Å². The van der Waals surface area contributed by atoms with Crippen molar-refractivity contribution in [2.45, 2.75) is 19.3 Å². The maximum atomic E-state index is 10.7. The Hall–Kier alpha value is -0.830. The lowest BCUT2D eigenvalue weighted by atomic mass is 9.96. The average molecular weight is 184 g/mol. The highest BCUT2D eigenvalue weighted by Crippen LogP contribution is 2.18. The van der Waals surface area contributed by atoms with E-state index in [1.54, 1.807) is 0 Å². The van der Waals surface area contributed by atoms with Gasteiger partial charge in [-0.2, -0.15) is 0 Å². The predicted molar refractivity (Wildman–Crippen MR) is 49.3 cm³/mol. The van der Waals surface area contributed by atoms with Crippen LogP contribution in [-0.2, 0) is 14.3 Å². The van der Waals surface area contributed by atoms with Crippen LogP contribution in [0.25, 0.3) is 0 Å². The van der Waals surface area contributed by atoms with Gasteiger partial charge in [-0.3, -0.25) is 0 Å². The van der Waals surface area contributed by atoms with E-state index in [1.807, 2.05) is 6.08 Å². The molecule has 0 aliphatic carbocycles. The van der Waals surface area contributed by atoms with Crippen molar-refractivity contribution in [2.24, 2.45) is 5.92 Å². The molecule has 0 bridgehead atoms. The van der Waals surface area contributed by atoms with Crippen molar-refractivity contribution in [1.29, 1.82) is 0 Å². The minimum absolute atomic E-state index is 0.271. The summed E-state index contributed by atoms with van der Waals surface area (Å²) in [5, 5.41) is 0. The lowest BCUT2D eigenvalue weighted by Crippen LogP contribution is -2.14. The zero-order chi connectivity index (χ0) is 9.52. The monoisotopic (exact) mass is 184 g/mol. The molecule has 0 saturated carbocycles. The van der Waals surface area contributed by atoms with Crippen molar-refractivity contribution in [1.82, 2.24) is 0 Å². The van der Waals surface area contributed by atoms with Crippen LogP contribution in [0.5, 0.6) is 0 Å². The fraction of sp³-hybridized carbons (Fsp3) is 0.700. The minimum atomic E-state index is -0.271. The number of allylic oxidation sites excluding steroid dienone is 1. The van der Waals surface area contributed by atoms with Gasteiger partial charge < -0.3 is 9.47 Å². The summed E-state index contributed by atoms with van der Waals surface area (Å²) >= 11 is 0. The van der Waals surface area contributed by atoms with Crippen LogP contribution >= 0.6 is 0 Å². The number of carbonyl (C=O) groups is 1. The Morgan fingerprint density at radius 3 is 2.85 bits per heavy atom. The van der Waals surface area contributed by atoms with Crippen LogP contribution in [0, 0.1) is 5.92 Å². The van der Waals surface area contributed by atoms with E-state index in [1.165, 1.54) is 13.2 Å². The summed E-state index contributed by atoms with van der Waals surface area (Å²) in [4.78, 5) is 10.7. The fourth-order valence-electron chi connectivity index (χ4n) is 1.41. The number of ether oxygens (including phenoxy) is 2. The molecule has 1 heterocycles. The summed E-state index contributed by atoms with van der Waals surface area (Å²) in [5.74, 6) is 0.404. The number of methoxy groups -OCH3 is 1. The summed E-state index contributed by atoms with van der Waals surface area (Å²) in [6.07, 6.45) is 6.55. The molecule has 3 nitrogen and oxygen atoms in total. The molecular weight excluding hydrogens is 168 g/mol. The van der Waals surface area contributed by atoms with Crippen molar-refractivity contribution in [3.05, 3.63) is 12.2 Å². The Morgan fingerprint density at radius 2 is 2.23 bits per heavy atom. The second-order valence-corrected chi connectivity index (χ2v) is 3.22. The zero-order valence-electron chi connectivity index (χ0n) is 7.99. The topological polar surface area (TPSA) is 35.5 Å². The third-order valence-electron chi connectivity index (χ3n) is 2.27. The second kappa shape index (κ2) is 5.75. The summed E-state index contributed by atoms with van der Waals surface area (Å²) in [7, 11) is 1.39. The highest BCUT2D eigenvalue weighted by atomic mass is 16.5. The van der Waals surface area contributed by atoms with Gasteiger partial charge in [-0.05, 0) is 25.2 Å². The molecule has 0 aromatic rings. The van der Waals surface area contributed by atoms with E-state index in [0.29, 0.717) is 5.92 Å². The van der Waals surface area contributed by atoms with Gasteiger partial charge in [0.25, 0.3) is 0 Å². The first-order valence-electron chi connectivity index (χ1n) is 4.65. The van der Waals surface area contributed by atoms with Crippen LogP contribution < -0.4 is 0 Å². The quantitative estimate of drug-likeness (QED) is 0.493. The molecular formula is C10H16O3. The molecule has 0 aromatic heterocycles. The van der Waals surface area contributed by atoms with Crippen molar-refractivity contribution in [2.75, 3.05) is 20.3 Å². The van der Waals surface area contributed by atoms with Crippen LogP contribution in [0.2, 0.25) is 0 Å². The van der Waals surface area contributed by atoms with E-state index in [9.17, 15) is 4.79 Å². The molecule has 0 spiro atoms. The molecule has 0 radical (unpaired) electrons. The normalized spacial score (nSPS) is 19.2. The molecule has 1 aliphatic rings. The number of hydrogen-bond acceptors (Lipinski definition) is 3. The predicted octanol–water partition coefficient (Wildman–Crippen LogP) is 1.53. The summed E-state index contributed by atoms with van der Waals surface area (Å²) in [6, 6.07) is 0. The van der Waals surface area contributed by atoms with Gasteiger partial charge in [0.2, 0.25) is 0 Å². The van der Waals surface area contributed by atoms with E-state index in [-0.39, 0.29) is 5.97 Å². The van der Waals surface area contributed by atoms with Gasteiger partial charge in [0, 0.05) is 19.3 Å². The van der Waals surface area contributed by atoms with E-state index >= 15 is 0 Å². The molecule has 1 rings (SSSR count). The third kappa shape index (κ3) is 4.08. The van der Waals surface area contributed by atoms with E-state index in [0.717, 1.165) is 32.5 Å². The van der Waals surface area contributed by atoms with Gasteiger partial charge in [0.1, 0.15) is 0 Å². The Labute approximate surface area is 78.7 Å². The molecule has 0 amide bonds. The number of rotatable bonds is 3. The van der Waals surface area contributed by atoms with Gasteiger partial charge in [0.15, 0.2) is 0 Å². The number of esters is 1.